The van der Waals surface area contributed by atoms with E-state index in [4.69, 9.17) is 4.74 Å². The van der Waals surface area contributed by atoms with E-state index in [9.17, 15) is 5.11 Å². The van der Waals surface area contributed by atoms with Gasteiger partial charge in [-0.15, -0.1) is 11.8 Å². The third-order valence-corrected chi connectivity index (χ3v) is 6.01. The SMILES string of the molecule is CCSc1cc([C@@]23C=C[C@@H](O)C[C@@H]2N(C)CC3)ccc1OC. The largest absolute Gasteiger partial charge is 0.496 e. The van der Waals surface area contributed by atoms with E-state index >= 15 is 0 Å². The molecule has 0 bridgehead atoms. The quantitative estimate of drug-likeness (QED) is 0.683. The maximum Gasteiger partial charge on any atom is 0.132 e. The summed E-state index contributed by atoms with van der Waals surface area (Å²) in [7, 11) is 3.90. The highest BCUT2D eigenvalue weighted by Gasteiger charge is 2.47. The van der Waals surface area contributed by atoms with Gasteiger partial charge in [-0.3, -0.25) is 0 Å². The number of likely N-dealkylation sites (N-methyl/N-ethyl adjacent to an activating group) is 1. The van der Waals surface area contributed by atoms with Crippen LogP contribution in [0.25, 0.3) is 0 Å². The number of hydrogen-bond acceptors (Lipinski definition) is 4. The predicted molar refractivity (Wildman–Crippen MR) is 91.9 cm³/mol. The van der Waals surface area contributed by atoms with Gasteiger partial charge in [0.15, 0.2) is 0 Å². The molecule has 0 aromatic heterocycles. The molecule has 0 unspecified atom stereocenters. The number of likely N-dealkylation sites (tertiary alicyclic amines) is 1. The summed E-state index contributed by atoms with van der Waals surface area (Å²) in [4.78, 5) is 3.61. The van der Waals surface area contributed by atoms with Crippen LogP contribution in [0.4, 0.5) is 0 Å². The average molecular weight is 319 g/mol. The minimum absolute atomic E-state index is 0.0311. The average Bonchev–Trinajstić information content (AvgIpc) is 2.86. The summed E-state index contributed by atoms with van der Waals surface area (Å²) in [6, 6.07) is 6.96. The predicted octanol–water partition coefficient (Wildman–Crippen LogP) is 3.07. The molecule has 120 valence electrons. The molecule has 2 aliphatic rings. The van der Waals surface area contributed by atoms with Crippen molar-refractivity contribution in [3.05, 3.63) is 35.9 Å². The molecule has 4 heteroatoms. The number of ether oxygens (including phenoxy) is 1. The van der Waals surface area contributed by atoms with E-state index < -0.39 is 0 Å². The van der Waals surface area contributed by atoms with E-state index in [2.05, 4.69) is 43.1 Å². The summed E-state index contributed by atoms with van der Waals surface area (Å²) < 4.78 is 5.50. The first kappa shape index (κ1) is 15.9. The normalized spacial score (nSPS) is 31.3. The first-order valence-electron chi connectivity index (χ1n) is 7.99. The number of aliphatic hydroxyl groups excluding tert-OH is 1. The smallest absolute Gasteiger partial charge is 0.132 e. The molecule has 1 aliphatic heterocycles. The topological polar surface area (TPSA) is 32.7 Å². The summed E-state index contributed by atoms with van der Waals surface area (Å²) in [6.45, 7) is 3.24. The second-order valence-corrected chi connectivity index (χ2v) is 7.55. The molecule has 1 saturated heterocycles. The summed E-state index contributed by atoms with van der Waals surface area (Å²) in [6.07, 6.45) is 5.83. The second kappa shape index (κ2) is 6.26. The molecule has 0 radical (unpaired) electrons. The van der Waals surface area contributed by atoms with Gasteiger partial charge in [0, 0.05) is 16.4 Å². The van der Waals surface area contributed by atoms with Crippen LogP contribution in [0, 0.1) is 0 Å². The standard InChI is InChI=1S/C18H25NO2S/c1-4-22-16-11-13(5-6-15(16)21-3)18-8-7-14(20)12-17(18)19(2)10-9-18/h5-8,11,14,17,20H,4,9-10,12H2,1-3H3/t14-,17+,18+/m1/s1. The van der Waals surface area contributed by atoms with Crippen molar-refractivity contribution >= 4 is 11.8 Å². The molecular weight excluding hydrogens is 294 g/mol. The lowest BCUT2D eigenvalue weighted by Gasteiger charge is -2.39. The number of aliphatic hydroxyl groups is 1. The van der Waals surface area contributed by atoms with Gasteiger partial charge < -0.3 is 14.7 Å². The Kier molecular flexibility index (Phi) is 4.53. The molecule has 1 fully saturated rings. The highest BCUT2D eigenvalue weighted by Crippen LogP contribution is 2.46. The lowest BCUT2D eigenvalue weighted by atomic mass is 9.69. The Morgan fingerprint density at radius 2 is 2.27 bits per heavy atom. The summed E-state index contributed by atoms with van der Waals surface area (Å²) in [5.74, 6) is 1.99. The number of nitrogens with zero attached hydrogens (tertiary/aromatic N) is 1. The van der Waals surface area contributed by atoms with Crippen molar-refractivity contribution in [1.82, 2.24) is 4.90 Å². The fourth-order valence-corrected chi connectivity index (χ4v) is 4.73. The number of thioether (sulfide) groups is 1. The zero-order valence-electron chi connectivity index (χ0n) is 13.6. The van der Waals surface area contributed by atoms with Crippen molar-refractivity contribution < 1.29 is 9.84 Å². The van der Waals surface area contributed by atoms with Crippen molar-refractivity contribution in [2.24, 2.45) is 0 Å². The van der Waals surface area contributed by atoms with Gasteiger partial charge in [-0.2, -0.15) is 0 Å². The summed E-state index contributed by atoms with van der Waals surface area (Å²) >= 11 is 1.82. The van der Waals surface area contributed by atoms with Gasteiger partial charge in [-0.1, -0.05) is 25.1 Å². The van der Waals surface area contributed by atoms with E-state index in [1.807, 2.05) is 17.8 Å². The summed E-state index contributed by atoms with van der Waals surface area (Å²) in [5, 5.41) is 10.0. The Hall–Kier alpha value is -0.970. The van der Waals surface area contributed by atoms with Crippen LogP contribution in [0.2, 0.25) is 0 Å². The van der Waals surface area contributed by atoms with Gasteiger partial charge in [0.2, 0.25) is 0 Å². The molecule has 0 spiro atoms. The second-order valence-electron chi connectivity index (χ2n) is 6.25. The Bertz CT molecular complexity index is 574. The molecule has 22 heavy (non-hydrogen) atoms. The van der Waals surface area contributed by atoms with Crippen LogP contribution in [-0.2, 0) is 5.41 Å². The van der Waals surface area contributed by atoms with Crippen LogP contribution in [0.15, 0.2) is 35.2 Å². The zero-order valence-corrected chi connectivity index (χ0v) is 14.4. The number of benzene rings is 1. The third-order valence-electron chi connectivity index (χ3n) is 5.09. The maximum atomic E-state index is 10.0. The highest BCUT2D eigenvalue weighted by molar-refractivity contribution is 7.99. The highest BCUT2D eigenvalue weighted by atomic mass is 32.2. The third kappa shape index (κ3) is 2.57. The van der Waals surface area contributed by atoms with E-state index in [0.717, 1.165) is 30.9 Å². The minimum Gasteiger partial charge on any atom is -0.496 e. The number of methoxy groups -OCH3 is 1. The lowest BCUT2D eigenvalue weighted by molar-refractivity contribution is 0.137. The number of rotatable bonds is 4. The van der Waals surface area contributed by atoms with Gasteiger partial charge in [0.05, 0.1) is 13.2 Å². The van der Waals surface area contributed by atoms with Crippen molar-refractivity contribution in [2.75, 3.05) is 26.5 Å². The van der Waals surface area contributed by atoms with E-state index in [1.165, 1.54) is 10.5 Å². The fraction of sp³-hybridized carbons (Fsp3) is 0.556. The molecule has 3 rings (SSSR count). The van der Waals surface area contributed by atoms with Crippen molar-refractivity contribution in [3.8, 4) is 5.75 Å². The molecule has 1 N–H and O–H groups in total. The summed E-state index contributed by atoms with van der Waals surface area (Å²) in [5.41, 5.74) is 1.38. The van der Waals surface area contributed by atoms with Crippen LogP contribution >= 0.6 is 11.8 Å². The first-order valence-corrected chi connectivity index (χ1v) is 8.98. The number of fused-ring (bicyclic) bond motifs is 1. The molecular formula is C18H25NO2S. The molecule has 1 aromatic rings. The van der Waals surface area contributed by atoms with Crippen LogP contribution < -0.4 is 4.74 Å². The number of hydrogen-bond donors (Lipinski definition) is 1. The maximum absolute atomic E-state index is 10.0. The Morgan fingerprint density at radius 1 is 1.45 bits per heavy atom. The minimum atomic E-state index is -0.318. The van der Waals surface area contributed by atoms with Crippen LogP contribution in [0.5, 0.6) is 5.75 Å². The molecule has 3 atom stereocenters. The monoisotopic (exact) mass is 319 g/mol. The molecule has 0 amide bonds. The Labute approximate surface area is 137 Å². The van der Waals surface area contributed by atoms with Gasteiger partial charge in [0.25, 0.3) is 0 Å². The zero-order chi connectivity index (χ0) is 15.7. The van der Waals surface area contributed by atoms with Gasteiger partial charge in [0.1, 0.15) is 5.75 Å². The van der Waals surface area contributed by atoms with E-state index in [1.54, 1.807) is 7.11 Å². The van der Waals surface area contributed by atoms with Crippen LogP contribution in [0.3, 0.4) is 0 Å². The van der Waals surface area contributed by atoms with Crippen LogP contribution in [-0.4, -0.2) is 48.6 Å². The Balaban J connectivity index is 2.05. The molecule has 1 aromatic carbocycles. The van der Waals surface area contributed by atoms with Gasteiger partial charge in [-0.05, 0) is 49.9 Å². The van der Waals surface area contributed by atoms with E-state index in [-0.39, 0.29) is 11.5 Å². The lowest BCUT2D eigenvalue weighted by Crippen LogP contribution is -2.44. The van der Waals surface area contributed by atoms with Crippen molar-refractivity contribution in [1.29, 1.82) is 0 Å². The van der Waals surface area contributed by atoms with Crippen LogP contribution in [0.1, 0.15) is 25.3 Å². The first-order chi connectivity index (χ1) is 10.6. The molecule has 3 nitrogen and oxygen atoms in total. The van der Waals surface area contributed by atoms with Crippen molar-refractivity contribution in [3.63, 3.8) is 0 Å². The van der Waals surface area contributed by atoms with Crippen molar-refractivity contribution in [2.45, 2.75) is 42.2 Å². The Morgan fingerprint density at radius 3 is 3.00 bits per heavy atom. The fourth-order valence-electron chi connectivity index (χ4n) is 3.92. The molecule has 1 heterocycles. The molecule has 1 aliphatic carbocycles. The molecule has 0 saturated carbocycles. The van der Waals surface area contributed by atoms with E-state index in [0.29, 0.717) is 6.04 Å². The van der Waals surface area contributed by atoms with Gasteiger partial charge in [-0.25, -0.2) is 0 Å². The van der Waals surface area contributed by atoms with Gasteiger partial charge >= 0.3 is 0 Å².